The van der Waals surface area contributed by atoms with Crippen molar-refractivity contribution in [1.29, 1.82) is 0 Å². The van der Waals surface area contributed by atoms with Gasteiger partial charge in [0.05, 0.1) is 16.3 Å². The van der Waals surface area contributed by atoms with Gasteiger partial charge < -0.3 is 20.2 Å². The van der Waals surface area contributed by atoms with Crippen molar-refractivity contribution in [3.05, 3.63) is 34.0 Å². The number of phenolic OH excluding ortho intramolecular Hbond substituents is 1. The van der Waals surface area contributed by atoms with Gasteiger partial charge in [0.1, 0.15) is 17.3 Å². The highest BCUT2D eigenvalue weighted by Crippen LogP contribution is 2.46. The fraction of sp³-hybridized carbons (Fsp3) is 0.607. The van der Waals surface area contributed by atoms with Crippen LogP contribution in [0, 0.1) is 0 Å². The van der Waals surface area contributed by atoms with Crippen molar-refractivity contribution in [2.75, 3.05) is 48.3 Å². The summed E-state index contributed by atoms with van der Waals surface area (Å²) in [4.78, 5) is 29.6. The second-order valence-corrected chi connectivity index (χ2v) is 13.3. The van der Waals surface area contributed by atoms with E-state index in [1.807, 2.05) is 0 Å². The number of fused-ring (bicyclic) bond motifs is 4. The maximum absolute atomic E-state index is 14.1. The third-order valence-electron chi connectivity index (χ3n) is 9.42. The molecule has 5 aliphatic heterocycles. The molecule has 1 amide bonds. The molecule has 4 saturated heterocycles. The number of carbonyl (C=O) groups is 1. The number of benzene rings is 1. The van der Waals surface area contributed by atoms with Crippen molar-refractivity contribution in [1.82, 2.24) is 20.2 Å². The summed E-state index contributed by atoms with van der Waals surface area (Å²) < 4.78 is 42.2. The quantitative estimate of drug-likeness (QED) is 0.373. The maximum atomic E-state index is 14.1. The van der Waals surface area contributed by atoms with Crippen LogP contribution in [0.25, 0.3) is 0 Å². The molecule has 1 aromatic heterocycles. The average Bonchev–Trinajstić information content (AvgIpc) is 3.59. The smallest absolute Gasteiger partial charge is 0.419 e. The van der Waals surface area contributed by atoms with E-state index in [2.05, 4.69) is 15.1 Å². The molecule has 5 aliphatic rings. The van der Waals surface area contributed by atoms with Crippen LogP contribution in [-0.2, 0) is 12.6 Å². The molecule has 220 valence electrons. The maximum Gasteiger partial charge on any atom is 0.419 e. The topological polar surface area (TPSA) is 84.8 Å². The third kappa shape index (κ3) is 4.84. The Morgan fingerprint density at radius 3 is 2.49 bits per heavy atom. The number of piperazine rings is 1. The molecular weight excluding hydrogens is 577 g/mol. The predicted molar refractivity (Wildman–Crippen MR) is 151 cm³/mol. The van der Waals surface area contributed by atoms with Crippen LogP contribution in [0.1, 0.15) is 60.1 Å². The molecule has 0 unspecified atom stereocenters. The Morgan fingerprint density at radius 1 is 1.10 bits per heavy atom. The molecule has 41 heavy (non-hydrogen) atoms. The molecular formula is C28H32ClF3N6O2S. The number of aromatic nitrogens is 2. The second-order valence-electron chi connectivity index (χ2n) is 11.9. The summed E-state index contributed by atoms with van der Waals surface area (Å²) in [6, 6.07) is 2.50. The van der Waals surface area contributed by atoms with Gasteiger partial charge in [0.2, 0.25) is 0 Å². The van der Waals surface area contributed by atoms with Crippen molar-refractivity contribution >= 4 is 40.8 Å². The largest absolute Gasteiger partial charge is 0.508 e. The first-order valence-electron chi connectivity index (χ1n) is 14.3. The molecule has 6 heterocycles. The molecule has 1 aromatic carbocycles. The van der Waals surface area contributed by atoms with Gasteiger partial charge in [0.25, 0.3) is 5.91 Å². The summed E-state index contributed by atoms with van der Waals surface area (Å²) in [5.41, 5.74) is -0.668. The van der Waals surface area contributed by atoms with Crippen LogP contribution in [-0.4, -0.2) is 82.0 Å². The van der Waals surface area contributed by atoms with Crippen LogP contribution < -0.4 is 15.1 Å². The summed E-state index contributed by atoms with van der Waals surface area (Å²) in [5.74, 6) is 0.463. The number of alkyl halides is 3. The average molecular weight is 609 g/mol. The molecule has 0 spiro atoms. The number of hydrogen-bond acceptors (Lipinski definition) is 8. The Kier molecular flexibility index (Phi) is 6.83. The summed E-state index contributed by atoms with van der Waals surface area (Å²) in [7, 11) is 0. The molecule has 8 nitrogen and oxygen atoms in total. The van der Waals surface area contributed by atoms with Gasteiger partial charge in [-0.2, -0.15) is 13.2 Å². The van der Waals surface area contributed by atoms with Gasteiger partial charge in [-0.05, 0) is 64.1 Å². The fourth-order valence-electron chi connectivity index (χ4n) is 7.57. The molecule has 2 aromatic rings. The zero-order chi connectivity index (χ0) is 28.5. The molecule has 0 aliphatic carbocycles. The van der Waals surface area contributed by atoms with Crippen molar-refractivity contribution < 1.29 is 23.1 Å². The van der Waals surface area contributed by atoms with E-state index >= 15 is 0 Å². The minimum atomic E-state index is -4.81. The number of rotatable bonds is 5. The summed E-state index contributed by atoms with van der Waals surface area (Å²) >= 11 is 7.50. The molecule has 2 bridgehead atoms. The first-order valence-corrected chi connectivity index (χ1v) is 15.7. The predicted octanol–water partition coefficient (Wildman–Crippen LogP) is 4.72. The van der Waals surface area contributed by atoms with Crippen molar-refractivity contribution in [3.8, 4) is 5.75 Å². The molecule has 2 N–H and O–H groups in total. The first kappa shape index (κ1) is 27.5. The van der Waals surface area contributed by atoms with Gasteiger partial charge in [-0.1, -0.05) is 23.4 Å². The minimum absolute atomic E-state index is 0.00539. The molecule has 7 rings (SSSR count). The van der Waals surface area contributed by atoms with E-state index in [-0.39, 0.29) is 17.8 Å². The number of hydrogen-bond donors (Lipinski definition) is 2. The normalized spacial score (nSPS) is 25.6. The Morgan fingerprint density at radius 2 is 1.80 bits per heavy atom. The summed E-state index contributed by atoms with van der Waals surface area (Å²) in [5, 5.41) is 13.6. The van der Waals surface area contributed by atoms with Crippen molar-refractivity contribution in [2.24, 2.45) is 0 Å². The Labute approximate surface area is 245 Å². The van der Waals surface area contributed by atoms with Crippen LogP contribution in [0.3, 0.4) is 0 Å². The molecule has 2 atom stereocenters. The van der Waals surface area contributed by atoms with E-state index in [0.717, 1.165) is 80.5 Å². The zero-order valence-corrected chi connectivity index (χ0v) is 24.1. The summed E-state index contributed by atoms with van der Waals surface area (Å²) in [6.45, 7) is 3.72. The second kappa shape index (κ2) is 10.2. The highest BCUT2D eigenvalue weighted by Gasteiger charge is 2.45. The number of halogens is 4. The Hall–Kier alpha value is -2.28. The number of nitrogens with zero attached hydrogens (tertiary/aromatic N) is 5. The third-order valence-corrected chi connectivity index (χ3v) is 10.8. The Balaban J connectivity index is 1.27. The monoisotopic (exact) mass is 608 g/mol. The number of amides is 1. The van der Waals surface area contributed by atoms with E-state index in [9.17, 15) is 23.1 Å². The molecule has 4 fully saturated rings. The minimum Gasteiger partial charge on any atom is -0.508 e. The molecule has 0 radical (unpaired) electrons. The van der Waals surface area contributed by atoms with Crippen LogP contribution in [0.15, 0.2) is 17.3 Å². The zero-order valence-electron chi connectivity index (χ0n) is 22.5. The van der Waals surface area contributed by atoms with Gasteiger partial charge in [-0.25, -0.2) is 9.97 Å². The first-order chi connectivity index (χ1) is 19.6. The van der Waals surface area contributed by atoms with Crippen LogP contribution >= 0.6 is 23.4 Å². The Bertz CT molecular complexity index is 1370. The number of aromatic hydroxyl groups is 1. The highest BCUT2D eigenvalue weighted by atomic mass is 35.5. The molecule has 0 saturated carbocycles. The number of thioether (sulfide) groups is 1. The van der Waals surface area contributed by atoms with Gasteiger partial charge in [0.15, 0.2) is 5.16 Å². The van der Waals surface area contributed by atoms with Crippen LogP contribution in [0.2, 0.25) is 5.02 Å². The van der Waals surface area contributed by atoms with E-state index in [1.165, 1.54) is 12.8 Å². The summed E-state index contributed by atoms with van der Waals surface area (Å²) in [6.07, 6.45) is 2.24. The van der Waals surface area contributed by atoms with Crippen LogP contribution in [0.5, 0.6) is 5.75 Å². The van der Waals surface area contributed by atoms with Gasteiger partial charge in [-0.3, -0.25) is 9.69 Å². The van der Waals surface area contributed by atoms with E-state index in [4.69, 9.17) is 21.6 Å². The van der Waals surface area contributed by atoms with Crippen molar-refractivity contribution in [3.63, 3.8) is 0 Å². The SMILES string of the molecule is O=C1c2nc(SCC34CCCN3CCC4)nc(N3C[C@H]4CC[C@@H](C3)N4)c2CCN1c1cc(O)cc(Cl)c1C(F)(F)F. The van der Waals surface area contributed by atoms with Gasteiger partial charge >= 0.3 is 6.18 Å². The fourth-order valence-corrected chi connectivity index (χ4v) is 9.06. The highest BCUT2D eigenvalue weighted by molar-refractivity contribution is 7.99. The van der Waals surface area contributed by atoms with E-state index in [0.29, 0.717) is 29.2 Å². The lowest BCUT2D eigenvalue weighted by Crippen LogP contribution is -2.52. The van der Waals surface area contributed by atoms with E-state index < -0.39 is 34.1 Å². The lowest BCUT2D eigenvalue weighted by atomic mass is 9.97. The van der Waals surface area contributed by atoms with Gasteiger partial charge in [0, 0.05) is 54.6 Å². The number of nitrogens with one attached hydrogen (secondary N) is 1. The lowest BCUT2D eigenvalue weighted by molar-refractivity contribution is -0.137. The van der Waals surface area contributed by atoms with Gasteiger partial charge in [-0.15, -0.1) is 0 Å². The lowest BCUT2D eigenvalue weighted by Gasteiger charge is -2.37. The van der Waals surface area contributed by atoms with E-state index in [1.54, 1.807) is 11.8 Å². The molecule has 13 heteroatoms. The number of phenols is 1. The van der Waals surface area contributed by atoms with Crippen LogP contribution in [0.4, 0.5) is 24.7 Å². The van der Waals surface area contributed by atoms with Crippen molar-refractivity contribution in [2.45, 2.75) is 73.9 Å². The number of carbonyl (C=O) groups excluding carboxylic acids is 1. The number of anilines is 2. The standard InChI is InChI=1S/C28H32ClF3N6O2S/c29-20-11-18(39)12-21(22(20)28(30,31)32)38-10-5-19-23(25(38)40)34-26(41-15-27-6-1-8-37(27)9-2-7-27)35-24(19)36-13-16-3-4-17(14-36)33-16/h11-12,16-17,33,39H,1-10,13-15H2/t16-,17+.